The van der Waals surface area contributed by atoms with E-state index in [0.717, 1.165) is 12.8 Å². The number of hydrogen-bond acceptors (Lipinski definition) is 6. The number of carboxylic acids is 1. The highest BCUT2D eigenvalue weighted by atomic mass is 16.6. The molecule has 1 fully saturated rings. The Hall–Kier alpha value is -1.83. The first-order valence-corrected chi connectivity index (χ1v) is 9.48. The first kappa shape index (κ1) is 23.2. The van der Waals surface area contributed by atoms with Gasteiger partial charge in [0.1, 0.15) is 23.3 Å². The minimum atomic E-state index is -1.09. The minimum Gasteiger partial charge on any atom is -0.480 e. The molecule has 8 heteroatoms. The fraction of sp³-hybridized carbons (Fsp3) is 0.842. The largest absolute Gasteiger partial charge is 0.480 e. The van der Waals surface area contributed by atoms with Gasteiger partial charge in [0.25, 0.3) is 0 Å². The molecule has 1 amide bonds. The predicted molar refractivity (Wildman–Crippen MR) is 100 cm³/mol. The molecule has 0 aromatic carbocycles. The summed E-state index contributed by atoms with van der Waals surface area (Å²) < 4.78 is 10.5. The Labute approximate surface area is 161 Å². The molecule has 0 saturated carbocycles. The van der Waals surface area contributed by atoms with Crippen molar-refractivity contribution in [1.82, 2.24) is 10.6 Å². The van der Waals surface area contributed by atoms with Crippen LogP contribution in [0, 0.1) is 0 Å². The Bertz CT molecular complexity index is 535. The second kappa shape index (κ2) is 9.39. The fourth-order valence-corrected chi connectivity index (χ4v) is 2.88. The van der Waals surface area contributed by atoms with E-state index < -0.39 is 29.3 Å². The zero-order valence-electron chi connectivity index (χ0n) is 17.3. The summed E-state index contributed by atoms with van der Waals surface area (Å²) in [7, 11) is 0. The number of amides is 1. The van der Waals surface area contributed by atoms with Crippen molar-refractivity contribution >= 4 is 18.0 Å². The average Bonchev–Trinajstić information content (AvgIpc) is 2.91. The van der Waals surface area contributed by atoms with Gasteiger partial charge in [0.15, 0.2) is 0 Å². The number of esters is 1. The lowest BCUT2D eigenvalue weighted by molar-refractivity contribution is -0.157. The van der Waals surface area contributed by atoms with Crippen molar-refractivity contribution in [3.05, 3.63) is 0 Å². The molecule has 3 N–H and O–H groups in total. The zero-order chi connectivity index (χ0) is 20.8. The lowest BCUT2D eigenvalue weighted by Crippen LogP contribution is -2.43. The molecule has 1 aliphatic rings. The number of aliphatic carboxylic acids is 1. The molecule has 1 aliphatic heterocycles. The van der Waals surface area contributed by atoms with E-state index in [0.29, 0.717) is 19.3 Å². The van der Waals surface area contributed by atoms with Crippen LogP contribution in [0.25, 0.3) is 0 Å². The number of rotatable bonds is 7. The summed E-state index contributed by atoms with van der Waals surface area (Å²) in [5.41, 5.74) is -1.20. The maximum Gasteiger partial charge on any atom is 0.408 e. The third-order valence-electron chi connectivity index (χ3n) is 3.97. The van der Waals surface area contributed by atoms with Crippen molar-refractivity contribution in [3.63, 3.8) is 0 Å². The van der Waals surface area contributed by atoms with E-state index in [1.54, 1.807) is 20.8 Å². The number of hydrogen-bond donors (Lipinski definition) is 3. The molecule has 0 bridgehead atoms. The highest BCUT2D eigenvalue weighted by Gasteiger charge is 2.32. The second-order valence-electron chi connectivity index (χ2n) is 8.99. The van der Waals surface area contributed by atoms with Crippen LogP contribution in [0.2, 0.25) is 0 Å². The van der Waals surface area contributed by atoms with Crippen LogP contribution in [0.3, 0.4) is 0 Å². The Morgan fingerprint density at radius 1 is 1.07 bits per heavy atom. The van der Waals surface area contributed by atoms with Crippen molar-refractivity contribution in [2.24, 2.45) is 0 Å². The Balaban J connectivity index is 2.39. The van der Waals surface area contributed by atoms with E-state index in [1.165, 1.54) is 0 Å². The van der Waals surface area contributed by atoms with E-state index in [1.807, 2.05) is 20.8 Å². The summed E-state index contributed by atoms with van der Waals surface area (Å²) in [6.45, 7) is 10.7. The van der Waals surface area contributed by atoms with Crippen molar-refractivity contribution in [3.8, 4) is 0 Å². The number of alkyl carbamates (subject to hydrolysis) is 1. The molecular weight excluding hydrogens is 352 g/mol. The second-order valence-corrected chi connectivity index (χ2v) is 8.99. The van der Waals surface area contributed by atoms with Gasteiger partial charge in [-0.15, -0.1) is 0 Å². The first-order chi connectivity index (χ1) is 12.3. The lowest BCUT2D eigenvalue weighted by Gasteiger charge is -2.23. The predicted octanol–water partition coefficient (Wildman–Crippen LogP) is 2.60. The van der Waals surface area contributed by atoms with Crippen LogP contribution in [-0.2, 0) is 19.1 Å². The molecule has 8 nitrogen and oxygen atoms in total. The first-order valence-electron chi connectivity index (χ1n) is 9.48. The van der Waals surface area contributed by atoms with Gasteiger partial charge >= 0.3 is 18.0 Å². The van der Waals surface area contributed by atoms with Crippen LogP contribution in [-0.4, -0.2) is 52.5 Å². The molecule has 0 radical (unpaired) electrons. The molecule has 156 valence electrons. The highest BCUT2D eigenvalue weighted by molar-refractivity contribution is 5.80. The molecule has 27 heavy (non-hydrogen) atoms. The van der Waals surface area contributed by atoms with E-state index >= 15 is 0 Å². The maximum absolute atomic E-state index is 12.1. The minimum absolute atomic E-state index is 0.137. The third kappa shape index (κ3) is 9.60. The van der Waals surface area contributed by atoms with Gasteiger partial charge in [0, 0.05) is 6.04 Å². The molecule has 1 unspecified atom stereocenters. The highest BCUT2D eigenvalue weighted by Crippen LogP contribution is 2.20. The summed E-state index contributed by atoms with van der Waals surface area (Å²) >= 11 is 0. The van der Waals surface area contributed by atoms with Crippen molar-refractivity contribution in [2.75, 3.05) is 0 Å². The van der Waals surface area contributed by atoms with Gasteiger partial charge in [-0.1, -0.05) is 0 Å². The van der Waals surface area contributed by atoms with Crippen molar-refractivity contribution < 1.29 is 29.0 Å². The Morgan fingerprint density at radius 3 is 2.19 bits per heavy atom. The van der Waals surface area contributed by atoms with Crippen LogP contribution in [0.1, 0.15) is 73.6 Å². The number of nitrogens with one attached hydrogen (secondary N) is 2. The normalized spacial score (nSPS) is 21.4. The average molecular weight is 386 g/mol. The van der Waals surface area contributed by atoms with Gasteiger partial charge in [-0.05, 0) is 73.6 Å². The SMILES string of the molecule is CC(C)(C)OC(=O)NC(CCC[C@H]1CC[C@@H](C(=O)OC(C)(C)C)N1)C(=O)O. The van der Waals surface area contributed by atoms with Gasteiger partial charge in [-0.25, -0.2) is 9.59 Å². The van der Waals surface area contributed by atoms with E-state index in [9.17, 15) is 19.5 Å². The van der Waals surface area contributed by atoms with Gasteiger partial charge in [-0.2, -0.15) is 0 Å². The zero-order valence-corrected chi connectivity index (χ0v) is 17.3. The van der Waals surface area contributed by atoms with Gasteiger partial charge in [0.05, 0.1) is 0 Å². The summed E-state index contributed by atoms with van der Waals surface area (Å²) in [4.78, 5) is 35.2. The molecule has 3 atom stereocenters. The topological polar surface area (TPSA) is 114 Å². The number of ether oxygens (including phenoxy) is 2. The van der Waals surface area contributed by atoms with Crippen LogP contribution < -0.4 is 10.6 Å². The van der Waals surface area contributed by atoms with Gasteiger partial charge in [0.2, 0.25) is 0 Å². The van der Waals surface area contributed by atoms with Crippen LogP contribution in [0.5, 0.6) is 0 Å². The summed E-state index contributed by atoms with van der Waals surface area (Å²) in [5, 5.41) is 14.9. The fourth-order valence-electron chi connectivity index (χ4n) is 2.88. The smallest absolute Gasteiger partial charge is 0.408 e. The van der Waals surface area contributed by atoms with Gasteiger partial charge < -0.3 is 25.2 Å². The number of carbonyl (C=O) groups is 3. The Morgan fingerprint density at radius 2 is 1.67 bits per heavy atom. The maximum atomic E-state index is 12.1. The monoisotopic (exact) mass is 386 g/mol. The summed E-state index contributed by atoms with van der Waals surface area (Å²) in [5.74, 6) is -1.34. The standard InChI is InChI=1S/C19H34N2O6/c1-18(2,3)26-16(24)14-11-10-12(20-14)8-7-9-13(15(22)23)21-17(25)27-19(4,5)6/h12-14,20H,7-11H2,1-6H3,(H,21,25)(H,22,23)/t12-,13?,14-/m0/s1. The van der Waals surface area contributed by atoms with Gasteiger partial charge in [-0.3, -0.25) is 4.79 Å². The molecule has 1 heterocycles. The lowest BCUT2D eigenvalue weighted by atomic mass is 10.0. The van der Waals surface area contributed by atoms with E-state index in [2.05, 4.69) is 10.6 Å². The molecule has 1 saturated heterocycles. The molecule has 1 rings (SSSR count). The third-order valence-corrected chi connectivity index (χ3v) is 3.97. The van der Waals surface area contributed by atoms with Crippen LogP contribution >= 0.6 is 0 Å². The van der Waals surface area contributed by atoms with E-state index in [-0.39, 0.29) is 18.1 Å². The molecular formula is C19H34N2O6. The summed E-state index contributed by atoms with van der Waals surface area (Å²) in [6, 6.07) is -1.18. The molecule has 0 aromatic rings. The Kier molecular flexibility index (Phi) is 8.07. The molecule has 0 spiro atoms. The van der Waals surface area contributed by atoms with Crippen molar-refractivity contribution in [2.45, 2.75) is 103 Å². The number of carbonyl (C=O) groups excluding carboxylic acids is 2. The van der Waals surface area contributed by atoms with E-state index in [4.69, 9.17) is 9.47 Å². The van der Waals surface area contributed by atoms with Crippen LogP contribution in [0.4, 0.5) is 4.79 Å². The summed E-state index contributed by atoms with van der Waals surface area (Å²) in [6.07, 6.45) is 2.42. The van der Waals surface area contributed by atoms with Crippen molar-refractivity contribution in [1.29, 1.82) is 0 Å². The molecule has 0 aliphatic carbocycles. The quantitative estimate of drug-likeness (QED) is 0.576. The molecule has 0 aromatic heterocycles. The van der Waals surface area contributed by atoms with Crippen LogP contribution in [0.15, 0.2) is 0 Å². The number of carboxylic acid groups (broad SMARTS) is 1.